The average Bonchev–Trinajstić information content (AvgIpc) is 3.23. The number of hydrogen-bond donors (Lipinski definition) is 0. The standard InChI is InChI=1S/C25H31N3O5S3/c1-4-33-20-7-10-22-23(17-20)35-25(28(22)15-16-34-3)26-24(29)18-11-13-27(14-12-18)36(30,31)21-8-5-19(32-2)6-9-21/h5-10,17-18H,4,11-16H2,1-3H3. The summed E-state index contributed by atoms with van der Waals surface area (Å²) in [6.45, 7) is 3.86. The number of fused-ring (bicyclic) bond motifs is 1. The third kappa shape index (κ3) is 5.80. The quantitative estimate of drug-likeness (QED) is 0.401. The Labute approximate surface area is 220 Å². The number of nitrogens with zero attached hydrogens (tertiary/aromatic N) is 3. The van der Waals surface area contributed by atoms with E-state index in [-0.39, 0.29) is 29.8 Å². The molecule has 2 heterocycles. The van der Waals surface area contributed by atoms with E-state index in [2.05, 4.69) is 15.8 Å². The van der Waals surface area contributed by atoms with Crippen LogP contribution in [0.1, 0.15) is 19.8 Å². The van der Waals surface area contributed by atoms with Crippen LogP contribution in [0.15, 0.2) is 52.4 Å². The molecule has 2 aromatic carbocycles. The van der Waals surface area contributed by atoms with Crippen molar-refractivity contribution < 1.29 is 22.7 Å². The van der Waals surface area contributed by atoms with E-state index >= 15 is 0 Å². The summed E-state index contributed by atoms with van der Waals surface area (Å²) in [5.41, 5.74) is 1.03. The second kappa shape index (κ2) is 11.8. The highest BCUT2D eigenvalue weighted by atomic mass is 32.2. The van der Waals surface area contributed by atoms with Gasteiger partial charge in [-0.3, -0.25) is 4.79 Å². The molecule has 1 amide bonds. The number of sulfonamides is 1. The number of thiazole rings is 1. The predicted octanol–water partition coefficient (Wildman–Crippen LogP) is 4.00. The first-order chi connectivity index (χ1) is 17.4. The molecule has 0 atom stereocenters. The molecule has 36 heavy (non-hydrogen) atoms. The highest BCUT2D eigenvalue weighted by molar-refractivity contribution is 7.98. The van der Waals surface area contributed by atoms with Crippen LogP contribution in [0.4, 0.5) is 0 Å². The zero-order chi connectivity index (χ0) is 25.7. The smallest absolute Gasteiger partial charge is 0.251 e. The molecule has 3 aromatic rings. The summed E-state index contributed by atoms with van der Waals surface area (Å²) in [6.07, 6.45) is 2.95. The summed E-state index contributed by atoms with van der Waals surface area (Å²) in [4.78, 5) is 18.6. The molecule has 0 spiro atoms. The Morgan fingerprint density at radius 3 is 2.47 bits per heavy atom. The van der Waals surface area contributed by atoms with Crippen LogP contribution in [0.3, 0.4) is 0 Å². The van der Waals surface area contributed by atoms with Gasteiger partial charge in [0.25, 0.3) is 5.91 Å². The van der Waals surface area contributed by atoms with Crippen molar-refractivity contribution in [3.8, 4) is 11.5 Å². The zero-order valence-corrected chi connectivity index (χ0v) is 23.1. The van der Waals surface area contributed by atoms with Crippen molar-refractivity contribution in [2.24, 2.45) is 10.9 Å². The lowest BCUT2D eigenvalue weighted by Gasteiger charge is -2.29. The number of carbonyl (C=O) groups excluding carboxylic acids is 1. The van der Waals surface area contributed by atoms with Gasteiger partial charge in [-0.1, -0.05) is 11.3 Å². The zero-order valence-electron chi connectivity index (χ0n) is 20.7. The molecule has 11 heteroatoms. The third-order valence-corrected chi connectivity index (χ3v) is 9.74. The average molecular weight is 550 g/mol. The van der Waals surface area contributed by atoms with Crippen molar-refractivity contribution in [3.05, 3.63) is 47.3 Å². The van der Waals surface area contributed by atoms with Crippen LogP contribution in [0.2, 0.25) is 0 Å². The normalized spacial score (nSPS) is 15.9. The first-order valence-corrected chi connectivity index (χ1v) is 15.5. The van der Waals surface area contributed by atoms with Gasteiger partial charge in [0.05, 0.1) is 28.8 Å². The molecule has 1 fully saturated rings. The molecule has 1 aliphatic rings. The number of piperidine rings is 1. The summed E-state index contributed by atoms with van der Waals surface area (Å²) in [5, 5.41) is 0. The van der Waals surface area contributed by atoms with Gasteiger partial charge in [0, 0.05) is 31.3 Å². The van der Waals surface area contributed by atoms with Gasteiger partial charge in [-0.15, -0.1) is 0 Å². The molecule has 194 valence electrons. The molecular weight excluding hydrogens is 518 g/mol. The minimum Gasteiger partial charge on any atom is -0.497 e. The van der Waals surface area contributed by atoms with Crippen LogP contribution in [0.25, 0.3) is 10.2 Å². The fourth-order valence-corrected chi connectivity index (χ4v) is 7.14. The summed E-state index contributed by atoms with van der Waals surface area (Å²) < 4.78 is 41.4. The van der Waals surface area contributed by atoms with Crippen molar-refractivity contribution in [1.29, 1.82) is 0 Å². The molecule has 0 unspecified atom stereocenters. The summed E-state index contributed by atoms with van der Waals surface area (Å²) in [6, 6.07) is 12.3. The topological polar surface area (TPSA) is 90.2 Å². The monoisotopic (exact) mass is 549 g/mol. The number of hydrogen-bond acceptors (Lipinski definition) is 7. The Hall–Kier alpha value is -2.34. The number of thioether (sulfide) groups is 1. The highest BCUT2D eigenvalue weighted by Gasteiger charge is 2.32. The minimum atomic E-state index is -3.62. The van der Waals surface area contributed by atoms with E-state index in [1.54, 1.807) is 36.0 Å². The van der Waals surface area contributed by atoms with Crippen molar-refractivity contribution in [2.45, 2.75) is 31.2 Å². The Morgan fingerprint density at radius 2 is 1.83 bits per heavy atom. The van der Waals surface area contributed by atoms with Gasteiger partial charge in [0.2, 0.25) is 10.0 Å². The van der Waals surface area contributed by atoms with Gasteiger partial charge in [-0.05, 0) is 68.5 Å². The lowest BCUT2D eigenvalue weighted by atomic mass is 9.98. The van der Waals surface area contributed by atoms with Crippen molar-refractivity contribution in [1.82, 2.24) is 8.87 Å². The van der Waals surface area contributed by atoms with E-state index in [1.165, 1.54) is 22.8 Å². The number of amides is 1. The van der Waals surface area contributed by atoms with E-state index in [9.17, 15) is 13.2 Å². The molecule has 0 bridgehead atoms. The molecule has 1 aromatic heterocycles. The molecule has 0 aliphatic carbocycles. The van der Waals surface area contributed by atoms with E-state index in [0.717, 1.165) is 28.3 Å². The maximum Gasteiger partial charge on any atom is 0.251 e. The van der Waals surface area contributed by atoms with Gasteiger partial charge < -0.3 is 14.0 Å². The van der Waals surface area contributed by atoms with Crippen LogP contribution in [0.5, 0.6) is 11.5 Å². The molecule has 0 radical (unpaired) electrons. The Morgan fingerprint density at radius 1 is 1.14 bits per heavy atom. The van der Waals surface area contributed by atoms with Gasteiger partial charge in [0.15, 0.2) is 4.80 Å². The van der Waals surface area contributed by atoms with Gasteiger partial charge >= 0.3 is 0 Å². The number of methoxy groups -OCH3 is 1. The van der Waals surface area contributed by atoms with E-state index in [1.807, 2.05) is 25.1 Å². The molecular formula is C25H31N3O5S3. The van der Waals surface area contributed by atoms with Crippen LogP contribution in [0, 0.1) is 5.92 Å². The van der Waals surface area contributed by atoms with E-state index in [4.69, 9.17) is 9.47 Å². The molecule has 1 aliphatic heterocycles. The second-order valence-corrected chi connectivity index (χ2v) is 12.3. The van der Waals surface area contributed by atoms with Crippen LogP contribution >= 0.6 is 23.1 Å². The fourth-order valence-electron chi connectivity index (χ4n) is 4.22. The van der Waals surface area contributed by atoms with Gasteiger partial charge in [-0.2, -0.15) is 21.1 Å². The molecule has 8 nitrogen and oxygen atoms in total. The fraction of sp³-hybridized carbons (Fsp3) is 0.440. The molecule has 1 saturated heterocycles. The second-order valence-electron chi connectivity index (χ2n) is 8.40. The maximum absolute atomic E-state index is 13.2. The predicted molar refractivity (Wildman–Crippen MR) is 144 cm³/mol. The lowest BCUT2D eigenvalue weighted by molar-refractivity contribution is -0.122. The SMILES string of the molecule is CCOc1ccc2c(c1)sc(=NC(=O)C1CCN(S(=O)(=O)c3ccc(OC)cc3)CC1)n2CCSC. The number of carbonyl (C=O) groups is 1. The largest absolute Gasteiger partial charge is 0.497 e. The summed E-state index contributed by atoms with van der Waals surface area (Å²) in [7, 11) is -2.08. The Balaban J connectivity index is 1.51. The summed E-state index contributed by atoms with van der Waals surface area (Å²) in [5.74, 6) is 1.82. The Kier molecular flexibility index (Phi) is 8.76. The molecule has 0 N–H and O–H groups in total. The third-order valence-electron chi connectivity index (χ3n) is 6.19. The van der Waals surface area contributed by atoms with Crippen LogP contribution in [-0.2, 0) is 21.4 Å². The van der Waals surface area contributed by atoms with Crippen LogP contribution < -0.4 is 14.3 Å². The number of aryl methyl sites for hydroxylation is 1. The lowest BCUT2D eigenvalue weighted by Crippen LogP contribution is -2.40. The van der Waals surface area contributed by atoms with Crippen molar-refractivity contribution in [2.75, 3.05) is 38.8 Å². The first-order valence-electron chi connectivity index (χ1n) is 11.8. The molecule has 4 rings (SSSR count). The van der Waals surface area contributed by atoms with E-state index in [0.29, 0.717) is 30.0 Å². The number of aromatic nitrogens is 1. The summed E-state index contributed by atoms with van der Waals surface area (Å²) >= 11 is 3.22. The van der Waals surface area contributed by atoms with Gasteiger partial charge in [0.1, 0.15) is 11.5 Å². The van der Waals surface area contributed by atoms with Crippen molar-refractivity contribution >= 4 is 49.2 Å². The van der Waals surface area contributed by atoms with Crippen LogP contribution in [-0.4, -0.2) is 62.0 Å². The van der Waals surface area contributed by atoms with Gasteiger partial charge in [-0.25, -0.2) is 8.42 Å². The maximum atomic E-state index is 13.2. The first kappa shape index (κ1) is 26.7. The Bertz CT molecular complexity index is 1370. The number of ether oxygens (including phenoxy) is 2. The minimum absolute atomic E-state index is 0.189. The number of rotatable bonds is 9. The number of benzene rings is 2. The highest BCUT2D eigenvalue weighted by Crippen LogP contribution is 2.27. The van der Waals surface area contributed by atoms with Crippen molar-refractivity contribution in [3.63, 3.8) is 0 Å². The van der Waals surface area contributed by atoms with E-state index < -0.39 is 10.0 Å². The molecule has 0 saturated carbocycles.